The van der Waals surface area contributed by atoms with E-state index in [1.165, 1.54) is 12.1 Å². The van der Waals surface area contributed by atoms with Crippen LogP contribution in [0.5, 0.6) is 0 Å². The van der Waals surface area contributed by atoms with E-state index in [0.717, 1.165) is 42.9 Å². The third-order valence-electron chi connectivity index (χ3n) is 5.03. The van der Waals surface area contributed by atoms with E-state index >= 15 is 0 Å². The smallest absolute Gasteiger partial charge is 0.222 e. The van der Waals surface area contributed by atoms with Gasteiger partial charge in [0.15, 0.2) is 0 Å². The molecule has 1 aliphatic heterocycles. The van der Waals surface area contributed by atoms with Gasteiger partial charge in [-0.05, 0) is 57.5 Å². The van der Waals surface area contributed by atoms with E-state index in [1.54, 1.807) is 12.1 Å². The second kappa shape index (κ2) is 7.99. The summed E-state index contributed by atoms with van der Waals surface area (Å²) in [5.74, 6) is 0.516. The van der Waals surface area contributed by atoms with Crippen LogP contribution < -0.4 is 0 Å². The molecule has 3 rings (SSSR count). The van der Waals surface area contributed by atoms with Crippen molar-refractivity contribution in [3.8, 4) is 11.3 Å². The molecule has 1 fully saturated rings. The number of aromatic amines is 1. The van der Waals surface area contributed by atoms with Crippen LogP contribution in [0.1, 0.15) is 32.3 Å². The Labute approximate surface area is 154 Å². The second-order valence-corrected chi connectivity index (χ2v) is 7.52. The number of likely N-dealkylation sites (tertiary alicyclic amines) is 1. The molecule has 26 heavy (non-hydrogen) atoms. The first kappa shape index (κ1) is 18.6. The average Bonchev–Trinajstić information content (AvgIpc) is 3.05. The van der Waals surface area contributed by atoms with E-state index in [4.69, 9.17) is 0 Å². The molecular weight excluding hydrogens is 331 g/mol. The molecule has 1 aromatic carbocycles. The molecule has 6 heteroatoms. The van der Waals surface area contributed by atoms with E-state index in [9.17, 15) is 9.18 Å². The Morgan fingerprint density at radius 3 is 2.77 bits per heavy atom. The lowest BCUT2D eigenvalue weighted by molar-refractivity contribution is -0.136. The topological polar surface area (TPSA) is 52.2 Å². The summed E-state index contributed by atoms with van der Waals surface area (Å²) in [6.07, 6.45) is 3.42. The maximum atomic E-state index is 13.2. The molecule has 0 radical (unpaired) electrons. The van der Waals surface area contributed by atoms with Gasteiger partial charge in [-0.25, -0.2) is 4.39 Å². The lowest BCUT2D eigenvalue weighted by Crippen LogP contribution is -2.46. The van der Waals surface area contributed by atoms with E-state index in [0.29, 0.717) is 12.3 Å². The van der Waals surface area contributed by atoms with Crippen molar-refractivity contribution in [2.24, 2.45) is 5.92 Å². The molecule has 1 saturated heterocycles. The number of aromatic nitrogens is 2. The molecule has 0 spiro atoms. The Hall–Kier alpha value is -2.21. The number of rotatable bonds is 6. The minimum atomic E-state index is -0.242. The number of carbonyl (C=O) groups excluding carboxylic acids is 1. The number of hydrogen-bond acceptors (Lipinski definition) is 3. The predicted molar refractivity (Wildman–Crippen MR) is 99.9 cm³/mol. The molecule has 0 saturated carbocycles. The van der Waals surface area contributed by atoms with Gasteiger partial charge < -0.3 is 9.80 Å². The number of H-pyrrole nitrogens is 1. The van der Waals surface area contributed by atoms with Gasteiger partial charge in [0.25, 0.3) is 0 Å². The van der Waals surface area contributed by atoms with E-state index in [1.807, 2.05) is 11.1 Å². The summed E-state index contributed by atoms with van der Waals surface area (Å²) >= 11 is 0. The number of benzene rings is 1. The zero-order valence-electron chi connectivity index (χ0n) is 15.7. The molecule has 2 heterocycles. The lowest BCUT2D eigenvalue weighted by atomic mass is 9.95. The second-order valence-electron chi connectivity index (χ2n) is 7.52. The number of carbonyl (C=O) groups is 1. The number of halogens is 1. The van der Waals surface area contributed by atoms with Gasteiger partial charge in [-0.2, -0.15) is 5.10 Å². The summed E-state index contributed by atoms with van der Waals surface area (Å²) in [7, 11) is 2.09. The van der Waals surface area contributed by atoms with Crippen LogP contribution in [0.25, 0.3) is 11.3 Å². The van der Waals surface area contributed by atoms with Gasteiger partial charge >= 0.3 is 0 Å². The molecule has 1 unspecified atom stereocenters. The zero-order valence-corrected chi connectivity index (χ0v) is 15.7. The van der Waals surface area contributed by atoms with Crippen LogP contribution in [-0.4, -0.2) is 52.1 Å². The molecule has 5 nitrogen and oxygen atoms in total. The highest BCUT2D eigenvalue weighted by Crippen LogP contribution is 2.24. The number of piperidine rings is 1. The number of nitrogens with zero attached hydrogens (tertiary/aromatic N) is 3. The van der Waals surface area contributed by atoms with Crippen LogP contribution in [0.2, 0.25) is 0 Å². The van der Waals surface area contributed by atoms with Gasteiger partial charge in [-0.1, -0.05) is 0 Å². The SMILES string of the molecule is CC(C)N1CC(CN(C)Cc2cn[nH]c2-c2ccc(F)cc2)CCC1=O. The fourth-order valence-corrected chi connectivity index (χ4v) is 3.68. The summed E-state index contributed by atoms with van der Waals surface area (Å²) in [6.45, 7) is 6.67. The molecule has 1 aliphatic rings. The van der Waals surface area contributed by atoms with Crippen molar-refractivity contribution >= 4 is 5.91 Å². The van der Waals surface area contributed by atoms with Crippen molar-refractivity contribution < 1.29 is 9.18 Å². The van der Waals surface area contributed by atoms with Crippen molar-refractivity contribution in [1.29, 1.82) is 0 Å². The first-order valence-corrected chi connectivity index (χ1v) is 9.20. The maximum Gasteiger partial charge on any atom is 0.222 e. The van der Waals surface area contributed by atoms with Gasteiger partial charge in [0, 0.05) is 43.2 Å². The summed E-state index contributed by atoms with van der Waals surface area (Å²) in [6, 6.07) is 6.71. The highest BCUT2D eigenvalue weighted by atomic mass is 19.1. The highest BCUT2D eigenvalue weighted by Gasteiger charge is 2.28. The van der Waals surface area contributed by atoms with Crippen LogP contribution in [-0.2, 0) is 11.3 Å². The Morgan fingerprint density at radius 1 is 1.35 bits per heavy atom. The summed E-state index contributed by atoms with van der Waals surface area (Å²) in [5.41, 5.74) is 2.95. The van der Waals surface area contributed by atoms with Crippen molar-refractivity contribution in [3.63, 3.8) is 0 Å². The fourth-order valence-electron chi connectivity index (χ4n) is 3.68. The largest absolute Gasteiger partial charge is 0.340 e. The van der Waals surface area contributed by atoms with Gasteiger partial charge in [-0.15, -0.1) is 0 Å². The highest BCUT2D eigenvalue weighted by molar-refractivity contribution is 5.77. The van der Waals surface area contributed by atoms with Crippen LogP contribution >= 0.6 is 0 Å². The van der Waals surface area contributed by atoms with Gasteiger partial charge in [-0.3, -0.25) is 9.89 Å². The van der Waals surface area contributed by atoms with Crippen molar-refractivity contribution in [2.45, 2.75) is 39.3 Å². The summed E-state index contributed by atoms with van der Waals surface area (Å²) in [4.78, 5) is 16.3. The molecule has 140 valence electrons. The number of hydrogen-bond donors (Lipinski definition) is 1. The van der Waals surface area contributed by atoms with Crippen LogP contribution in [0.15, 0.2) is 30.5 Å². The monoisotopic (exact) mass is 358 g/mol. The summed E-state index contributed by atoms with van der Waals surface area (Å²) < 4.78 is 13.2. The third kappa shape index (κ3) is 4.30. The van der Waals surface area contributed by atoms with E-state index < -0.39 is 0 Å². The van der Waals surface area contributed by atoms with Crippen molar-refractivity contribution in [1.82, 2.24) is 20.0 Å². The summed E-state index contributed by atoms with van der Waals surface area (Å²) in [5, 5.41) is 7.19. The zero-order chi connectivity index (χ0) is 18.7. The molecule has 0 bridgehead atoms. The molecule has 1 atom stereocenters. The van der Waals surface area contributed by atoms with E-state index in [2.05, 4.69) is 36.0 Å². The minimum Gasteiger partial charge on any atom is -0.340 e. The molecule has 1 aromatic heterocycles. The predicted octanol–water partition coefficient (Wildman–Crippen LogP) is 3.29. The van der Waals surface area contributed by atoms with Gasteiger partial charge in [0.1, 0.15) is 5.82 Å². The Morgan fingerprint density at radius 2 is 2.08 bits per heavy atom. The third-order valence-corrected chi connectivity index (χ3v) is 5.03. The molecule has 2 aromatic rings. The Bertz CT molecular complexity index is 741. The van der Waals surface area contributed by atoms with Gasteiger partial charge in [0.05, 0.1) is 11.9 Å². The quantitative estimate of drug-likeness (QED) is 0.862. The fraction of sp³-hybridized carbons (Fsp3) is 0.500. The van der Waals surface area contributed by atoms with Crippen molar-refractivity contribution in [3.05, 3.63) is 41.8 Å². The van der Waals surface area contributed by atoms with Crippen LogP contribution in [0.4, 0.5) is 4.39 Å². The number of nitrogens with one attached hydrogen (secondary N) is 1. The first-order chi connectivity index (χ1) is 12.4. The molecular formula is C20H27FN4O. The van der Waals surface area contributed by atoms with E-state index in [-0.39, 0.29) is 17.8 Å². The first-order valence-electron chi connectivity index (χ1n) is 9.20. The maximum absolute atomic E-state index is 13.2. The van der Waals surface area contributed by atoms with Gasteiger partial charge in [0.2, 0.25) is 5.91 Å². The Kier molecular flexibility index (Phi) is 5.71. The standard InChI is InChI=1S/C20H27FN4O/c1-14(2)25-12-15(4-9-19(25)26)11-24(3)13-17-10-22-23-20(17)16-5-7-18(21)8-6-16/h5-8,10,14-15H,4,9,11-13H2,1-3H3,(H,22,23). The van der Waals surface area contributed by atoms with Crippen molar-refractivity contribution in [2.75, 3.05) is 20.1 Å². The molecule has 0 aliphatic carbocycles. The molecule has 1 amide bonds. The number of amides is 1. The van der Waals surface area contributed by atoms with Crippen LogP contribution in [0.3, 0.4) is 0 Å². The van der Waals surface area contributed by atoms with Crippen LogP contribution in [0, 0.1) is 11.7 Å². The Balaban J connectivity index is 1.62. The normalized spacial score (nSPS) is 18.2. The lowest BCUT2D eigenvalue weighted by Gasteiger charge is -2.37. The minimum absolute atomic E-state index is 0.242. The molecule has 1 N–H and O–H groups in total. The average molecular weight is 358 g/mol.